The molecule has 0 unspecified atom stereocenters. The third-order valence-corrected chi connectivity index (χ3v) is 0.988. The highest BCUT2D eigenvalue weighted by atomic mass is 32.1. The maximum absolute atomic E-state index is 9.73. The molecule has 0 aromatic carbocycles. The van der Waals surface area contributed by atoms with Gasteiger partial charge in [0.2, 0.25) is 11.5 Å². The molecule has 42 valence electrons. The van der Waals surface area contributed by atoms with E-state index in [4.69, 9.17) is 0 Å². The number of rotatable bonds is 1. The van der Waals surface area contributed by atoms with Crippen LogP contribution in [0.1, 0.15) is 0 Å². The van der Waals surface area contributed by atoms with E-state index in [0.29, 0.717) is 5.82 Å². The Morgan fingerprint density at radius 1 is 1.75 bits per heavy atom. The number of aromatic amines is 1. The minimum Gasteiger partial charge on any atom is -0.346 e. The third-order valence-electron chi connectivity index (χ3n) is 0.717. The fraction of sp³-hybridized carbons (Fsp3) is 0. The maximum atomic E-state index is 9.73. The van der Waals surface area contributed by atoms with Crippen molar-refractivity contribution in [3.05, 3.63) is 18.3 Å². The van der Waals surface area contributed by atoms with E-state index in [1.807, 2.05) is 0 Å². The predicted molar refractivity (Wildman–Crippen MR) is 31.0 cm³/mol. The zero-order chi connectivity index (χ0) is 5.82. The van der Waals surface area contributed by atoms with Crippen LogP contribution in [-0.4, -0.2) is 9.19 Å². The minimum absolute atomic E-state index is 0.203. The highest BCUT2D eigenvalue weighted by Crippen LogP contribution is 2.03. The van der Waals surface area contributed by atoms with Gasteiger partial charge in [-0.05, 0) is 12.1 Å². The number of nitrogens with one attached hydrogen (secondary N) is 1. The normalized spacial score (nSPS) is 8.50. The van der Waals surface area contributed by atoms with Crippen molar-refractivity contribution in [2.45, 2.75) is 0 Å². The molecule has 3 nitrogen and oxygen atoms in total. The summed E-state index contributed by atoms with van der Waals surface area (Å²) in [7, 11) is 0. The van der Waals surface area contributed by atoms with Crippen molar-refractivity contribution in [1.82, 2.24) is 4.98 Å². The van der Waals surface area contributed by atoms with Gasteiger partial charge in [-0.15, -0.1) is 4.36 Å². The van der Waals surface area contributed by atoms with Crippen LogP contribution in [0.15, 0.2) is 22.7 Å². The molecule has 1 aromatic heterocycles. The van der Waals surface area contributed by atoms with Crippen molar-refractivity contribution >= 4 is 17.3 Å². The van der Waals surface area contributed by atoms with Crippen molar-refractivity contribution in [2.24, 2.45) is 4.36 Å². The Morgan fingerprint density at radius 3 is 3.12 bits per heavy atom. The predicted octanol–water partition coefficient (Wildman–Crippen LogP) is 1.04. The van der Waals surface area contributed by atoms with E-state index in [9.17, 15) is 4.21 Å². The molecule has 0 saturated heterocycles. The molecule has 0 amide bonds. The van der Waals surface area contributed by atoms with E-state index < -0.39 is 0 Å². The molecule has 0 aliphatic rings. The van der Waals surface area contributed by atoms with Gasteiger partial charge in [0.15, 0.2) is 0 Å². The molecular weight excluding hydrogens is 124 g/mol. The maximum Gasteiger partial charge on any atom is 0.206 e. The second kappa shape index (κ2) is 2.42. The molecule has 8 heavy (non-hydrogen) atoms. The molecule has 1 aromatic rings. The van der Waals surface area contributed by atoms with Crippen LogP contribution < -0.4 is 0 Å². The Kier molecular flexibility index (Phi) is 1.58. The van der Waals surface area contributed by atoms with Crippen LogP contribution in [0, 0.1) is 0 Å². The van der Waals surface area contributed by atoms with E-state index in [1.54, 1.807) is 18.3 Å². The molecule has 1 heterocycles. The van der Waals surface area contributed by atoms with Crippen molar-refractivity contribution in [3.8, 4) is 0 Å². The molecule has 1 N–H and O–H groups in total. The summed E-state index contributed by atoms with van der Waals surface area (Å²) in [5.41, 5.74) is 0. The Labute approximate surface area is 50.0 Å². The second-order valence-corrected chi connectivity index (χ2v) is 1.55. The molecule has 1 rings (SSSR count). The molecule has 0 fully saturated rings. The number of hydrogen-bond acceptors (Lipinski definition) is 2. The molecule has 0 saturated carbocycles. The summed E-state index contributed by atoms with van der Waals surface area (Å²) in [5.74, 6) is 0.616. The summed E-state index contributed by atoms with van der Waals surface area (Å²) in [6.45, 7) is 0. The van der Waals surface area contributed by atoms with E-state index in [0.717, 1.165) is 0 Å². The molecule has 0 radical (unpaired) electrons. The van der Waals surface area contributed by atoms with Gasteiger partial charge in [0.25, 0.3) is 0 Å². The Balaban J connectivity index is 2.93. The van der Waals surface area contributed by atoms with Gasteiger partial charge < -0.3 is 4.98 Å². The highest BCUT2D eigenvalue weighted by Gasteiger charge is 1.81. The summed E-state index contributed by atoms with van der Waals surface area (Å²) in [6, 6.07) is 3.51. The largest absolute Gasteiger partial charge is 0.346 e. The topological polar surface area (TPSA) is 45.2 Å². The first-order valence-corrected chi connectivity index (χ1v) is 2.77. The third kappa shape index (κ3) is 1.04. The first kappa shape index (κ1) is 5.24. The minimum atomic E-state index is 0.203. The van der Waals surface area contributed by atoms with Gasteiger partial charge >= 0.3 is 0 Å². The van der Waals surface area contributed by atoms with Crippen LogP contribution in [-0.2, 0) is 11.5 Å². The van der Waals surface area contributed by atoms with Gasteiger partial charge in [-0.25, -0.2) is 0 Å². The summed E-state index contributed by atoms with van der Waals surface area (Å²) in [5, 5.41) is 0. The first-order valence-electron chi connectivity index (χ1n) is 2.07. The van der Waals surface area contributed by atoms with E-state index >= 15 is 0 Å². The molecule has 0 aliphatic heterocycles. The van der Waals surface area contributed by atoms with Crippen LogP contribution in [0.2, 0.25) is 0 Å². The fourth-order valence-corrected chi connectivity index (χ4v) is 0.612. The second-order valence-electron chi connectivity index (χ2n) is 1.22. The average Bonchev–Trinajstić information content (AvgIpc) is 2.19. The molecule has 4 heteroatoms. The van der Waals surface area contributed by atoms with Gasteiger partial charge in [-0.1, -0.05) is 0 Å². The first-order chi connectivity index (χ1) is 3.93. The molecule has 0 aliphatic carbocycles. The van der Waals surface area contributed by atoms with Crippen molar-refractivity contribution in [3.63, 3.8) is 0 Å². The monoisotopic (exact) mass is 128 g/mol. The van der Waals surface area contributed by atoms with Gasteiger partial charge in [0.05, 0.1) is 0 Å². The standard InChI is InChI=1S/C4H4N2OS/c7-8-6-4-2-1-3-5-4/h1-3,5H. The van der Waals surface area contributed by atoms with E-state index in [-0.39, 0.29) is 11.5 Å². The lowest BCUT2D eigenvalue weighted by Gasteiger charge is -1.72. The number of nitrogens with zero attached hydrogens (tertiary/aromatic N) is 1. The van der Waals surface area contributed by atoms with Crippen LogP contribution in [0.3, 0.4) is 0 Å². The summed E-state index contributed by atoms with van der Waals surface area (Å²) in [4.78, 5) is 2.75. The lowest BCUT2D eigenvalue weighted by Crippen LogP contribution is -1.53. The Hall–Kier alpha value is -0.900. The summed E-state index contributed by atoms with van der Waals surface area (Å²) in [6.07, 6.45) is 1.72. The average molecular weight is 128 g/mol. The zero-order valence-electron chi connectivity index (χ0n) is 4.00. The number of hydrogen-bond donors (Lipinski definition) is 1. The zero-order valence-corrected chi connectivity index (χ0v) is 4.81. The lowest BCUT2D eigenvalue weighted by atomic mass is 10.6. The van der Waals surface area contributed by atoms with Crippen LogP contribution in [0.5, 0.6) is 0 Å². The van der Waals surface area contributed by atoms with E-state index in [2.05, 4.69) is 9.35 Å². The lowest BCUT2D eigenvalue weighted by molar-refractivity contribution is 0.698. The summed E-state index contributed by atoms with van der Waals surface area (Å²) < 4.78 is 13.2. The van der Waals surface area contributed by atoms with Crippen LogP contribution in [0.25, 0.3) is 0 Å². The van der Waals surface area contributed by atoms with Gasteiger partial charge in [-0.3, -0.25) is 0 Å². The quantitative estimate of drug-likeness (QED) is 0.603. The van der Waals surface area contributed by atoms with E-state index in [1.165, 1.54) is 0 Å². The molecular formula is C4H4N2OS. The van der Waals surface area contributed by atoms with Gasteiger partial charge in [0, 0.05) is 6.20 Å². The SMILES string of the molecule is O=S=Nc1ccc[nH]1. The number of H-pyrrole nitrogens is 1. The molecule has 0 spiro atoms. The van der Waals surface area contributed by atoms with Crippen molar-refractivity contribution in [1.29, 1.82) is 0 Å². The van der Waals surface area contributed by atoms with Crippen LogP contribution in [0.4, 0.5) is 5.82 Å². The highest BCUT2D eigenvalue weighted by molar-refractivity contribution is 7.54. The molecule has 0 bridgehead atoms. The fourth-order valence-electron chi connectivity index (χ4n) is 0.418. The number of aromatic nitrogens is 1. The van der Waals surface area contributed by atoms with Crippen molar-refractivity contribution in [2.75, 3.05) is 0 Å². The van der Waals surface area contributed by atoms with Gasteiger partial charge in [0.1, 0.15) is 5.82 Å². The van der Waals surface area contributed by atoms with Crippen molar-refractivity contribution < 1.29 is 4.21 Å². The Morgan fingerprint density at radius 2 is 2.62 bits per heavy atom. The smallest absolute Gasteiger partial charge is 0.206 e. The summed E-state index contributed by atoms with van der Waals surface area (Å²) >= 11 is 0.203. The Bertz CT molecular complexity index is 200. The van der Waals surface area contributed by atoms with Gasteiger partial charge in [-0.2, -0.15) is 4.21 Å². The van der Waals surface area contributed by atoms with Crippen LogP contribution >= 0.6 is 0 Å². The molecule has 0 atom stereocenters.